The fourth-order valence-corrected chi connectivity index (χ4v) is 1.72. The maximum atomic E-state index is 9.98. The van der Waals surface area contributed by atoms with E-state index in [1.165, 1.54) is 4.52 Å². The Bertz CT molecular complexity index is 545. The van der Waals surface area contributed by atoms with Crippen molar-refractivity contribution in [1.82, 2.24) is 14.6 Å². The Kier molecular flexibility index (Phi) is 1.89. The highest BCUT2D eigenvalue weighted by atomic mass is 16.9. The van der Waals surface area contributed by atoms with Crippen molar-refractivity contribution in [3.05, 3.63) is 23.5 Å². The molecule has 6 heteroatoms. The van der Waals surface area contributed by atoms with Gasteiger partial charge in [-0.2, -0.15) is 9.61 Å². The summed E-state index contributed by atoms with van der Waals surface area (Å²) < 4.78 is 12.0. The molecular weight excluding hydrogens is 210 g/mol. The van der Waals surface area contributed by atoms with Crippen molar-refractivity contribution in [2.24, 2.45) is 0 Å². The van der Waals surface area contributed by atoms with Crippen LogP contribution in [-0.2, 0) is 9.47 Å². The van der Waals surface area contributed by atoms with Crippen molar-refractivity contribution in [1.29, 1.82) is 0 Å². The van der Waals surface area contributed by atoms with Crippen molar-refractivity contribution in [2.45, 2.75) is 26.4 Å². The first kappa shape index (κ1) is 9.56. The van der Waals surface area contributed by atoms with Gasteiger partial charge in [-0.05, 0) is 13.8 Å². The van der Waals surface area contributed by atoms with Gasteiger partial charge in [0, 0.05) is 12.3 Å². The van der Waals surface area contributed by atoms with Crippen LogP contribution < -0.4 is 0 Å². The van der Waals surface area contributed by atoms with Crippen LogP contribution in [0.3, 0.4) is 0 Å². The minimum Gasteiger partial charge on any atom is -0.493 e. The van der Waals surface area contributed by atoms with E-state index >= 15 is 0 Å². The monoisotopic (exact) mass is 221 g/mol. The van der Waals surface area contributed by atoms with E-state index in [0.717, 1.165) is 5.69 Å². The molecule has 1 N–H and O–H groups in total. The maximum Gasteiger partial charge on any atom is 0.224 e. The van der Waals surface area contributed by atoms with Crippen LogP contribution in [0.4, 0.5) is 0 Å². The van der Waals surface area contributed by atoms with Crippen molar-refractivity contribution in [2.75, 3.05) is 0 Å². The largest absolute Gasteiger partial charge is 0.493 e. The van der Waals surface area contributed by atoms with Crippen molar-refractivity contribution >= 4 is 5.65 Å². The van der Waals surface area contributed by atoms with Gasteiger partial charge in [0.05, 0.1) is 11.3 Å². The Balaban J connectivity index is 2.09. The van der Waals surface area contributed by atoms with Gasteiger partial charge in [0.15, 0.2) is 18.2 Å². The molecule has 0 unspecified atom stereocenters. The van der Waals surface area contributed by atoms with E-state index in [-0.39, 0.29) is 12.2 Å². The third kappa shape index (κ3) is 1.27. The van der Waals surface area contributed by atoms with Gasteiger partial charge in [0.25, 0.3) is 0 Å². The van der Waals surface area contributed by atoms with Crippen LogP contribution in [0.5, 0.6) is 5.88 Å². The first-order chi connectivity index (χ1) is 7.65. The molecule has 0 amide bonds. The van der Waals surface area contributed by atoms with Gasteiger partial charge in [-0.25, -0.2) is 4.98 Å². The molecule has 0 saturated carbocycles. The highest BCUT2D eigenvalue weighted by Crippen LogP contribution is 2.35. The highest BCUT2D eigenvalue weighted by Gasteiger charge is 2.32. The van der Waals surface area contributed by atoms with Crippen LogP contribution in [0.15, 0.2) is 12.3 Å². The molecule has 1 saturated heterocycles. The number of aryl methyl sites for hydroxylation is 1. The van der Waals surface area contributed by atoms with Gasteiger partial charge in [0.1, 0.15) is 0 Å². The van der Waals surface area contributed by atoms with E-state index in [9.17, 15) is 5.11 Å². The second-order valence-electron chi connectivity index (χ2n) is 3.76. The van der Waals surface area contributed by atoms with Gasteiger partial charge >= 0.3 is 0 Å². The summed E-state index contributed by atoms with van der Waals surface area (Å²) in [7, 11) is 0. The summed E-state index contributed by atoms with van der Waals surface area (Å²) in [6.45, 7) is 3.63. The summed E-state index contributed by atoms with van der Waals surface area (Å²) in [6.07, 6.45) is 0.762. The van der Waals surface area contributed by atoms with Crippen molar-refractivity contribution in [3.63, 3.8) is 0 Å². The molecule has 0 radical (unpaired) electrons. The Morgan fingerprint density at radius 1 is 1.44 bits per heavy atom. The molecule has 6 nitrogen and oxygen atoms in total. The minimum absolute atomic E-state index is 0.00926. The molecule has 1 aliphatic rings. The van der Waals surface area contributed by atoms with Crippen LogP contribution in [0.1, 0.15) is 24.5 Å². The smallest absolute Gasteiger partial charge is 0.224 e. The normalized spacial score (nSPS) is 24.6. The maximum absolute atomic E-state index is 9.98. The van der Waals surface area contributed by atoms with E-state index in [4.69, 9.17) is 9.47 Å². The van der Waals surface area contributed by atoms with E-state index < -0.39 is 6.29 Å². The number of hydrogen-bond donors (Lipinski definition) is 1. The van der Waals surface area contributed by atoms with E-state index in [2.05, 4.69) is 10.1 Å². The Morgan fingerprint density at radius 3 is 2.88 bits per heavy atom. The van der Waals surface area contributed by atoms with Crippen LogP contribution in [0, 0.1) is 6.92 Å². The van der Waals surface area contributed by atoms with Gasteiger partial charge < -0.3 is 14.6 Å². The second kappa shape index (κ2) is 3.16. The van der Waals surface area contributed by atoms with Crippen LogP contribution >= 0.6 is 0 Å². The third-order valence-corrected chi connectivity index (χ3v) is 2.49. The lowest BCUT2D eigenvalue weighted by Crippen LogP contribution is -2.31. The Morgan fingerprint density at radius 2 is 2.19 bits per heavy atom. The number of ether oxygens (including phenoxy) is 2. The van der Waals surface area contributed by atoms with Gasteiger partial charge in [-0.3, -0.25) is 0 Å². The SMILES string of the molecule is Cc1cc2ncc(C3OC(C)O3)c(O)n2n1. The lowest BCUT2D eigenvalue weighted by molar-refractivity contribution is -0.383. The van der Waals surface area contributed by atoms with Crippen LogP contribution in [-0.4, -0.2) is 26.0 Å². The average molecular weight is 221 g/mol. The molecule has 84 valence electrons. The molecule has 0 spiro atoms. The number of nitrogens with zero attached hydrogens (tertiary/aromatic N) is 3. The zero-order chi connectivity index (χ0) is 11.3. The molecule has 0 bridgehead atoms. The number of aromatic hydroxyl groups is 1. The standard InChI is InChI=1S/C10H11N3O3/c1-5-3-8-11-4-7(9(14)13(8)12-5)10-15-6(2)16-10/h3-4,6,10,14H,1-2H3. The quantitative estimate of drug-likeness (QED) is 0.781. The first-order valence-corrected chi connectivity index (χ1v) is 5.00. The van der Waals surface area contributed by atoms with Crippen LogP contribution in [0.25, 0.3) is 5.65 Å². The van der Waals surface area contributed by atoms with Crippen molar-refractivity contribution in [3.8, 4) is 5.88 Å². The topological polar surface area (TPSA) is 68.9 Å². The molecule has 2 aromatic rings. The van der Waals surface area contributed by atoms with Gasteiger partial charge in [0.2, 0.25) is 5.88 Å². The summed E-state index contributed by atoms with van der Waals surface area (Å²) >= 11 is 0. The number of fused-ring (bicyclic) bond motifs is 1. The number of rotatable bonds is 1. The predicted octanol–water partition coefficient (Wildman–Crippen LogP) is 1.13. The summed E-state index contributed by atoms with van der Waals surface area (Å²) in [4.78, 5) is 4.17. The minimum atomic E-state index is -0.545. The van der Waals surface area contributed by atoms with Gasteiger partial charge in [-0.15, -0.1) is 0 Å². The molecule has 3 rings (SSSR count). The van der Waals surface area contributed by atoms with Crippen LogP contribution in [0.2, 0.25) is 0 Å². The fraction of sp³-hybridized carbons (Fsp3) is 0.400. The van der Waals surface area contributed by atoms with E-state index in [1.54, 1.807) is 19.2 Å². The highest BCUT2D eigenvalue weighted by molar-refractivity contribution is 5.44. The van der Waals surface area contributed by atoms with E-state index in [1.807, 2.05) is 6.92 Å². The first-order valence-electron chi connectivity index (χ1n) is 5.00. The third-order valence-electron chi connectivity index (χ3n) is 2.49. The molecule has 3 heterocycles. The molecule has 1 fully saturated rings. The predicted molar refractivity (Wildman–Crippen MR) is 53.8 cm³/mol. The zero-order valence-electron chi connectivity index (χ0n) is 8.91. The molecule has 0 atom stereocenters. The molecule has 16 heavy (non-hydrogen) atoms. The average Bonchev–Trinajstić information content (AvgIpc) is 2.56. The molecule has 0 aromatic carbocycles. The second-order valence-corrected chi connectivity index (χ2v) is 3.76. The Hall–Kier alpha value is -1.66. The van der Waals surface area contributed by atoms with E-state index in [0.29, 0.717) is 11.2 Å². The number of aromatic nitrogens is 3. The molecule has 2 aromatic heterocycles. The summed E-state index contributed by atoms with van der Waals surface area (Å²) in [5, 5.41) is 14.1. The van der Waals surface area contributed by atoms with Crippen molar-refractivity contribution < 1.29 is 14.6 Å². The summed E-state index contributed by atoms with van der Waals surface area (Å²) in [6, 6.07) is 1.79. The molecule has 1 aliphatic heterocycles. The summed E-state index contributed by atoms with van der Waals surface area (Å²) in [5.74, 6) is 0.00926. The molecular formula is C10H11N3O3. The number of hydrogen-bond acceptors (Lipinski definition) is 5. The fourth-order valence-electron chi connectivity index (χ4n) is 1.72. The lowest BCUT2D eigenvalue weighted by atomic mass is 10.3. The molecule has 0 aliphatic carbocycles. The van der Waals surface area contributed by atoms with Gasteiger partial charge in [-0.1, -0.05) is 0 Å². The zero-order valence-corrected chi connectivity index (χ0v) is 8.91. The lowest BCUT2D eigenvalue weighted by Gasteiger charge is -2.33. The Labute approximate surface area is 91.4 Å². The summed E-state index contributed by atoms with van der Waals surface area (Å²) in [5.41, 5.74) is 1.89.